The molecule has 1 aromatic carbocycles. The fourth-order valence-corrected chi connectivity index (χ4v) is 2.09. The van der Waals surface area contributed by atoms with Gasteiger partial charge < -0.3 is 10.2 Å². The number of hydrogen-bond donors (Lipinski definition) is 2. The van der Waals surface area contributed by atoms with Crippen LogP contribution in [0.15, 0.2) is 39.2 Å². The molecule has 0 bridgehead atoms. The minimum absolute atomic E-state index is 0.453. The van der Waals surface area contributed by atoms with E-state index in [-0.39, 0.29) is 0 Å². The van der Waals surface area contributed by atoms with E-state index in [0.29, 0.717) is 5.82 Å². The largest absolute Gasteiger partial charge is 0.453 e. The first-order chi connectivity index (χ1) is 7.74. The first kappa shape index (κ1) is 9.47. The molecule has 0 aliphatic heterocycles. The zero-order valence-electron chi connectivity index (χ0n) is 8.20. The molecule has 2 heterocycles. The number of nitrogen functional groups attached to an aromatic ring is 1. The average molecular weight is 278 g/mol. The van der Waals surface area contributed by atoms with Gasteiger partial charge in [0.15, 0.2) is 5.76 Å². The highest BCUT2D eigenvalue weighted by Crippen LogP contribution is 2.31. The van der Waals surface area contributed by atoms with Crippen LogP contribution in [-0.2, 0) is 0 Å². The summed E-state index contributed by atoms with van der Waals surface area (Å²) in [5.74, 6) is 1.18. The number of aromatic amines is 1. The van der Waals surface area contributed by atoms with Crippen LogP contribution in [-0.4, -0.2) is 10.2 Å². The Labute approximate surface area is 99.6 Å². The number of halogens is 1. The minimum Gasteiger partial charge on any atom is -0.453 e. The number of hydrogen-bond acceptors (Lipinski definition) is 3. The Kier molecular flexibility index (Phi) is 2.00. The molecule has 0 atom stereocenters. The summed E-state index contributed by atoms with van der Waals surface area (Å²) in [6, 6.07) is 9.59. The maximum atomic E-state index is 5.72. The molecule has 3 aromatic rings. The Morgan fingerprint density at radius 1 is 1.31 bits per heavy atom. The quantitative estimate of drug-likeness (QED) is 0.718. The molecular formula is C11H8BrN3O. The molecule has 80 valence electrons. The highest BCUT2D eigenvalue weighted by Gasteiger charge is 2.10. The van der Waals surface area contributed by atoms with Gasteiger partial charge in [0.1, 0.15) is 17.1 Å². The van der Waals surface area contributed by atoms with Crippen LogP contribution in [0, 0.1) is 0 Å². The van der Waals surface area contributed by atoms with Crippen molar-refractivity contribution in [3.8, 4) is 11.5 Å². The molecule has 2 aromatic heterocycles. The molecule has 4 nitrogen and oxygen atoms in total. The molecule has 0 aliphatic carbocycles. The summed E-state index contributed by atoms with van der Waals surface area (Å²) >= 11 is 3.44. The zero-order chi connectivity index (χ0) is 11.1. The van der Waals surface area contributed by atoms with Crippen molar-refractivity contribution in [1.29, 1.82) is 0 Å². The van der Waals surface area contributed by atoms with Crippen molar-refractivity contribution in [3.63, 3.8) is 0 Å². The number of benzene rings is 1. The Morgan fingerprint density at radius 2 is 2.19 bits per heavy atom. The van der Waals surface area contributed by atoms with Crippen LogP contribution >= 0.6 is 15.9 Å². The lowest BCUT2D eigenvalue weighted by atomic mass is 10.2. The summed E-state index contributed by atoms with van der Waals surface area (Å²) < 4.78 is 6.66. The van der Waals surface area contributed by atoms with Crippen LogP contribution in [0.4, 0.5) is 5.82 Å². The normalized spacial score (nSPS) is 11.1. The number of rotatable bonds is 1. The van der Waals surface area contributed by atoms with Crippen molar-refractivity contribution >= 4 is 32.7 Å². The van der Waals surface area contributed by atoms with E-state index in [1.165, 1.54) is 0 Å². The minimum atomic E-state index is 0.453. The van der Waals surface area contributed by atoms with Gasteiger partial charge in [-0.1, -0.05) is 12.1 Å². The van der Waals surface area contributed by atoms with E-state index in [4.69, 9.17) is 10.2 Å². The molecule has 0 aliphatic rings. The third-order valence-electron chi connectivity index (χ3n) is 2.36. The van der Waals surface area contributed by atoms with Crippen molar-refractivity contribution in [3.05, 3.63) is 34.8 Å². The molecule has 0 amide bonds. The van der Waals surface area contributed by atoms with Gasteiger partial charge >= 0.3 is 0 Å². The van der Waals surface area contributed by atoms with Gasteiger partial charge in [-0.05, 0) is 28.1 Å². The van der Waals surface area contributed by atoms with E-state index >= 15 is 0 Å². The van der Waals surface area contributed by atoms with Crippen LogP contribution in [0.2, 0.25) is 0 Å². The number of nitrogens with two attached hydrogens (primary N) is 1. The van der Waals surface area contributed by atoms with Gasteiger partial charge in [-0.25, -0.2) is 0 Å². The summed E-state index contributed by atoms with van der Waals surface area (Å²) in [7, 11) is 0. The van der Waals surface area contributed by atoms with Crippen molar-refractivity contribution < 1.29 is 4.42 Å². The van der Waals surface area contributed by atoms with Gasteiger partial charge in [-0.15, -0.1) is 0 Å². The van der Waals surface area contributed by atoms with Crippen LogP contribution in [0.25, 0.3) is 22.4 Å². The topological polar surface area (TPSA) is 67.8 Å². The fraction of sp³-hybridized carbons (Fsp3) is 0. The average Bonchev–Trinajstić information content (AvgIpc) is 2.84. The molecule has 0 saturated heterocycles. The molecule has 3 rings (SSSR count). The number of H-pyrrole nitrogens is 1. The summed E-state index contributed by atoms with van der Waals surface area (Å²) in [4.78, 5) is 0. The Bertz CT molecular complexity index is 656. The molecule has 3 N–H and O–H groups in total. The van der Waals surface area contributed by atoms with Crippen LogP contribution in [0.5, 0.6) is 0 Å². The van der Waals surface area contributed by atoms with Crippen molar-refractivity contribution in [2.75, 3.05) is 5.73 Å². The molecule has 0 saturated carbocycles. The number of nitrogens with one attached hydrogen (secondary N) is 1. The molecule has 0 spiro atoms. The van der Waals surface area contributed by atoms with E-state index in [0.717, 1.165) is 26.9 Å². The third-order valence-corrected chi connectivity index (χ3v) is 2.98. The Morgan fingerprint density at radius 3 is 2.88 bits per heavy atom. The maximum absolute atomic E-state index is 5.72. The second kappa shape index (κ2) is 3.38. The summed E-state index contributed by atoms with van der Waals surface area (Å²) in [5.41, 5.74) is 7.15. The van der Waals surface area contributed by atoms with E-state index in [9.17, 15) is 0 Å². The van der Waals surface area contributed by atoms with Crippen molar-refractivity contribution in [1.82, 2.24) is 10.2 Å². The molecule has 0 fully saturated rings. The van der Waals surface area contributed by atoms with Gasteiger partial charge in [-0.3, -0.25) is 5.10 Å². The van der Waals surface area contributed by atoms with E-state index < -0.39 is 0 Å². The second-order valence-electron chi connectivity index (χ2n) is 3.48. The van der Waals surface area contributed by atoms with Crippen LogP contribution in [0.1, 0.15) is 0 Å². The number of aromatic nitrogens is 2. The SMILES string of the molecule is Nc1cc(-c2cc3cccc(Br)c3o2)[nH]n1. The zero-order valence-corrected chi connectivity index (χ0v) is 9.78. The molecule has 0 unspecified atom stereocenters. The predicted octanol–water partition coefficient (Wildman–Crippen LogP) is 3.17. The number of fused-ring (bicyclic) bond motifs is 1. The highest BCUT2D eigenvalue weighted by atomic mass is 79.9. The van der Waals surface area contributed by atoms with E-state index in [1.807, 2.05) is 24.3 Å². The second-order valence-corrected chi connectivity index (χ2v) is 4.33. The predicted molar refractivity (Wildman–Crippen MR) is 65.9 cm³/mol. The molecule has 5 heteroatoms. The van der Waals surface area contributed by atoms with Gasteiger partial charge in [0.25, 0.3) is 0 Å². The lowest BCUT2D eigenvalue weighted by Gasteiger charge is -1.90. The van der Waals surface area contributed by atoms with Gasteiger partial charge in [0, 0.05) is 11.5 Å². The van der Waals surface area contributed by atoms with Gasteiger partial charge in [-0.2, -0.15) is 5.10 Å². The van der Waals surface area contributed by atoms with Crippen LogP contribution < -0.4 is 5.73 Å². The number of anilines is 1. The first-order valence-corrected chi connectivity index (χ1v) is 5.52. The van der Waals surface area contributed by atoms with Gasteiger partial charge in [0.05, 0.1) is 4.47 Å². The standard InChI is InChI=1S/C11H8BrN3O/c12-7-3-1-2-6-4-9(16-11(6)7)8-5-10(13)15-14-8/h1-5H,(H3,13,14,15). The smallest absolute Gasteiger partial charge is 0.153 e. The number of furan rings is 1. The summed E-state index contributed by atoms with van der Waals surface area (Å²) in [6.07, 6.45) is 0. The summed E-state index contributed by atoms with van der Waals surface area (Å²) in [6.45, 7) is 0. The Hall–Kier alpha value is -1.75. The van der Waals surface area contributed by atoms with Gasteiger partial charge in [0.2, 0.25) is 0 Å². The van der Waals surface area contributed by atoms with Crippen molar-refractivity contribution in [2.24, 2.45) is 0 Å². The maximum Gasteiger partial charge on any atom is 0.153 e. The molecule has 16 heavy (non-hydrogen) atoms. The lowest BCUT2D eigenvalue weighted by molar-refractivity contribution is 0.626. The monoisotopic (exact) mass is 277 g/mol. The first-order valence-electron chi connectivity index (χ1n) is 4.73. The fourth-order valence-electron chi connectivity index (χ4n) is 1.62. The summed E-state index contributed by atoms with van der Waals surface area (Å²) in [5, 5.41) is 7.72. The van der Waals surface area contributed by atoms with Crippen LogP contribution in [0.3, 0.4) is 0 Å². The molecule has 0 radical (unpaired) electrons. The Balaban J connectivity index is 2.22. The number of nitrogens with zero attached hydrogens (tertiary/aromatic N) is 1. The molecular weight excluding hydrogens is 270 g/mol. The lowest BCUT2D eigenvalue weighted by Crippen LogP contribution is -1.81. The highest BCUT2D eigenvalue weighted by molar-refractivity contribution is 9.10. The van der Waals surface area contributed by atoms with E-state index in [2.05, 4.69) is 26.1 Å². The van der Waals surface area contributed by atoms with Crippen molar-refractivity contribution in [2.45, 2.75) is 0 Å². The van der Waals surface area contributed by atoms with E-state index in [1.54, 1.807) is 6.07 Å². The third kappa shape index (κ3) is 1.40. The number of para-hydroxylation sites is 1.